The summed E-state index contributed by atoms with van der Waals surface area (Å²) in [6.45, 7) is 0. The Morgan fingerprint density at radius 3 is 1.72 bits per heavy atom. The molecule has 0 spiro atoms. The average Bonchev–Trinajstić information content (AvgIpc) is 2.84. The molecule has 1 saturated carbocycles. The van der Waals surface area contributed by atoms with Gasteiger partial charge < -0.3 is 20.3 Å². The molecule has 10 nitrogen and oxygen atoms in total. The van der Waals surface area contributed by atoms with Crippen molar-refractivity contribution in [2.45, 2.75) is 91.3 Å². The van der Waals surface area contributed by atoms with Crippen LogP contribution in [0.2, 0.25) is 0 Å². The fourth-order valence-corrected chi connectivity index (χ4v) is 5.81. The second kappa shape index (κ2) is 13.0. The topological polar surface area (TPSA) is 156 Å². The zero-order chi connectivity index (χ0) is 35.7. The Morgan fingerprint density at radius 2 is 1.26 bits per heavy atom. The van der Waals surface area contributed by atoms with Gasteiger partial charge in [0, 0.05) is 6.04 Å². The summed E-state index contributed by atoms with van der Waals surface area (Å²) in [5.41, 5.74) is -11.3. The van der Waals surface area contributed by atoms with Gasteiger partial charge in [0.1, 0.15) is 6.42 Å². The van der Waals surface area contributed by atoms with E-state index in [2.05, 4.69) is 8.92 Å². The van der Waals surface area contributed by atoms with E-state index in [0.29, 0.717) is 12.1 Å². The number of carboxylic acid groups (broad SMARTS) is 2. The molecule has 0 bridgehead atoms. The molecule has 0 aliphatic heterocycles. The van der Waals surface area contributed by atoms with E-state index in [0.717, 1.165) is 12.1 Å². The van der Waals surface area contributed by atoms with Crippen molar-refractivity contribution >= 4 is 28.1 Å². The van der Waals surface area contributed by atoms with Gasteiger partial charge in [-0.25, -0.2) is 8.98 Å². The van der Waals surface area contributed by atoms with Crippen LogP contribution >= 0.6 is 0 Å². The Balaban J connectivity index is 2.36. The van der Waals surface area contributed by atoms with Gasteiger partial charge in [-0.15, -0.1) is 0 Å². The zero-order valence-electron chi connectivity index (χ0n) is 22.4. The van der Waals surface area contributed by atoms with Gasteiger partial charge in [-0.3, -0.25) is 9.59 Å². The van der Waals surface area contributed by atoms with Crippen LogP contribution in [0.4, 0.5) is 57.5 Å². The highest BCUT2D eigenvalue weighted by atomic mass is 32.2. The normalized spacial score (nSPS) is 19.0. The molecule has 1 fully saturated rings. The number of carbonyl (C=O) groups excluding carboxylic acids is 1. The molecule has 3 N–H and O–H groups in total. The molecule has 23 heteroatoms. The third kappa shape index (κ3) is 8.25. The first-order valence-electron chi connectivity index (χ1n) is 12.3. The lowest BCUT2D eigenvalue weighted by Gasteiger charge is -2.36. The number of rotatable bonds is 10. The third-order valence-electron chi connectivity index (χ3n) is 6.77. The van der Waals surface area contributed by atoms with Crippen LogP contribution in [0.25, 0.3) is 0 Å². The summed E-state index contributed by atoms with van der Waals surface area (Å²) in [5.74, 6) is -6.30. The molecule has 1 aromatic rings. The Hall–Kier alpha value is -3.50. The fourth-order valence-electron chi connectivity index (χ4n) is 4.56. The minimum atomic E-state index is -6.61. The van der Waals surface area contributed by atoms with Crippen molar-refractivity contribution in [1.82, 2.24) is 5.32 Å². The van der Waals surface area contributed by atoms with Gasteiger partial charge in [-0.1, -0.05) is 18.6 Å². The van der Waals surface area contributed by atoms with Crippen LogP contribution in [0, 0.1) is 0 Å². The number of amides is 1. The molecule has 1 amide bonds. The summed E-state index contributed by atoms with van der Waals surface area (Å²) >= 11 is 0. The first-order valence-corrected chi connectivity index (χ1v) is 13.7. The van der Waals surface area contributed by atoms with Crippen molar-refractivity contribution in [3.63, 3.8) is 0 Å². The first-order chi connectivity index (χ1) is 20.6. The van der Waals surface area contributed by atoms with E-state index in [1.165, 1.54) is 0 Å². The van der Waals surface area contributed by atoms with Crippen molar-refractivity contribution in [1.29, 1.82) is 0 Å². The lowest BCUT2D eigenvalue weighted by atomic mass is 9.81. The van der Waals surface area contributed by atoms with Crippen molar-refractivity contribution in [3.8, 4) is 0 Å². The van der Waals surface area contributed by atoms with Crippen molar-refractivity contribution in [2.75, 3.05) is 0 Å². The maximum absolute atomic E-state index is 13.5. The minimum Gasteiger partial charge on any atom is -0.481 e. The molecular formula is C23H21F12NO9S. The highest BCUT2D eigenvalue weighted by molar-refractivity contribution is 7.86. The van der Waals surface area contributed by atoms with Gasteiger partial charge in [0.15, 0.2) is 0 Å². The molecule has 0 saturated heterocycles. The minimum absolute atomic E-state index is 0.0335. The van der Waals surface area contributed by atoms with Crippen LogP contribution < -0.4 is 5.32 Å². The Kier molecular flexibility index (Phi) is 10.9. The number of halogens is 12. The molecule has 0 aromatic heterocycles. The van der Waals surface area contributed by atoms with Crippen LogP contribution in [0.15, 0.2) is 29.2 Å². The Labute approximate surface area is 249 Å². The standard InChI is InChI=1S/C23H21F12NO9S/c24-20(25,26)18(9-15(37)38,21(27,28)29)44-17(41)36-13-5-1-3-11(7-13)12-4-2-6-14(8-12)46(42,43)45-19(10-16(39)40,22(30,31)32)23(33,34)35/h2,4,6,8,11,13H,1,3,5,7,9-10H2,(H,36,41)(H,37,38)(H,39,40). The molecule has 0 radical (unpaired) electrons. The maximum atomic E-state index is 13.5. The second-order valence-electron chi connectivity index (χ2n) is 9.99. The second-order valence-corrected chi connectivity index (χ2v) is 11.5. The number of aliphatic carboxylic acids is 2. The molecule has 46 heavy (non-hydrogen) atoms. The SMILES string of the molecule is O=C(O)CC(OC(=O)NC1CCCC(c2cccc(S(=O)(=O)OC(CC(=O)O)(C(F)(F)F)C(F)(F)F)c2)C1)(C(F)(F)F)C(F)(F)F. The number of alkyl carbamates (subject to hydrolysis) is 1. The van der Waals surface area contributed by atoms with Crippen LogP contribution in [0.5, 0.6) is 0 Å². The largest absolute Gasteiger partial charge is 0.481 e. The molecule has 1 aliphatic carbocycles. The highest BCUT2D eigenvalue weighted by Gasteiger charge is 2.76. The summed E-state index contributed by atoms with van der Waals surface area (Å²) < 4.78 is 194. The van der Waals surface area contributed by atoms with Crippen LogP contribution in [-0.4, -0.2) is 78.6 Å². The summed E-state index contributed by atoms with van der Waals surface area (Å²) in [6, 6.07) is 1.69. The van der Waals surface area contributed by atoms with Crippen LogP contribution in [0.1, 0.15) is 50.0 Å². The van der Waals surface area contributed by atoms with E-state index < -0.39 is 100 Å². The number of carbonyl (C=O) groups is 3. The van der Waals surface area contributed by atoms with E-state index >= 15 is 0 Å². The monoisotopic (exact) mass is 715 g/mol. The smallest absolute Gasteiger partial charge is 0.438 e. The van der Waals surface area contributed by atoms with E-state index in [9.17, 15) is 75.5 Å². The summed E-state index contributed by atoms with van der Waals surface area (Å²) in [7, 11) is -6.04. The summed E-state index contributed by atoms with van der Waals surface area (Å²) in [6.07, 6.45) is -34.5. The molecule has 0 heterocycles. The highest BCUT2D eigenvalue weighted by Crippen LogP contribution is 2.50. The van der Waals surface area contributed by atoms with E-state index in [1.54, 1.807) is 5.32 Å². The number of hydrogen-bond donors (Lipinski definition) is 3. The number of carboxylic acids is 2. The number of benzene rings is 1. The average molecular weight is 715 g/mol. The van der Waals surface area contributed by atoms with E-state index in [4.69, 9.17) is 10.2 Å². The fraction of sp³-hybridized carbons (Fsp3) is 0.609. The van der Waals surface area contributed by atoms with Gasteiger partial charge >= 0.3 is 48.3 Å². The number of hydrogen-bond acceptors (Lipinski definition) is 7. The van der Waals surface area contributed by atoms with Crippen molar-refractivity contribution < 1.29 is 94.6 Å². The summed E-state index contributed by atoms with van der Waals surface area (Å²) in [5, 5.41) is 19.0. The van der Waals surface area contributed by atoms with Gasteiger partial charge in [0.25, 0.3) is 15.7 Å². The van der Waals surface area contributed by atoms with Gasteiger partial charge in [0.05, 0.1) is 11.3 Å². The number of nitrogens with one attached hydrogen (secondary N) is 1. The van der Waals surface area contributed by atoms with Gasteiger partial charge in [-0.2, -0.15) is 61.1 Å². The predicted molar refractivity (Wildman–Crippen MR) is 124 cm³/mol. The Morgan fingerprint density at radius 1 is 0.783 bits per heavy atom. The number of ether oxygens (including phenoxy) is 1. The Bertz CT molecular complexity index is 1380. The quantitative estimate of drug-likeness (QED) is 0.201. The zero-order valence-corrected chi connectivity index (χ0v) is 23.2. The number of alkyl halides is 12. The predicted octanol–water partition coefficient (Wildman–Crippen LogP) is 5.82. The molecule has 1 aliphatic rings. The lowest BCUT2D eigenvalue weighted by Crippen LogP contribution is -2.62. The molecule has 262 valence electrons. The van der Waals surface area contributed by atoms with Crippen molar-refractivity contribution in [3.05, 3.63) is 29.8 Å². The van der Waals surface area contributed by atoms with Crippen LogP contribution in [0.3, 0.4) is 0 Å². The van der Waals surface area contributed by atoms with Crippen molar-refractivity contribution in [2.24, 2.45) is 0 Å². The molecule has 2 rings (SSSR count). The summed E-state index contributed by atoms with van der Waals surface area (Å²) in [4.78, 5) is 32.5. The third-order valence-corrected chi connectivity index (χ3v) is 8.10. The molecule has 1 aromatic carbocycles. The molecular weight excluding hydrogens is 694 g/mol. The first kappa shape index (κ1) is 38.7. The van der Waals surface area contributed by atoms with E-state index in [1.807, 2.05) is 0 Å². The van der Waals surface area contributed by atoms with Gasteiger partial charge in [-0.05, 0) is 42.9 Å². The van der Waals surface area contributed by atoms with Crippen LogP contribution in [-0.2, 0) is 28.6 Å². The van der Waals surface area contributed by atoms with Gasteiger partial charge in [0.2, 0.25) is 0 Å². The lowest BCUT2D eigenvalue weighted by molar-refractivity contribution is -0.365. The van der Waals surface area contributed by atoms with E-state index in [-0.39, 0.29) is 24.8 Å². The maximum Gasteiger partial charge on any atom is 0.438 e. The molecule has 2 atom stereocenters. The molecule has 2 unspecified atom stereocenters.